The number of hydrazine groups is 1. The molecule has 0 spiro atoms. The molecule has 1 aromatic rings. The summed E-state index contributed by atoms with van der Waals surface area (Å²) in [5, 5.41) is 0. The zero-order chi connectivity index (χ0) is 12.0. The highest BCUT2D eigenvalue weighted by Gasteiger charge is 2.05. The number of carbonyl (C=O) groups is 1. The molecule has 0 unspecified atom stereocenters. The number of aryl methyl sites for hydroxylation is 1. The van der Waals surface area contributed by atoms with Gasteiger partial charge < -0.3 is 4.57 Å². The topological polar surface area (TPSA) is 76.2 Å². The van der Waals surface area contributed by atoms with Crippen molar-refractivity contribution < 1.29 is 4.79 Å². The van der Waals surface area contributed by atoms with Crippen LogP contribution in [0.3, 0.4) is 0 Å². The SMILES string of the molecule is CN(CCCC(=O)NN)Cc1nccn1C. The minimum Gasteiger partial charge on any atom is -0.337 e. The number of hydrogen-bond donors (Lipinski definition) is 2. The molecule has 3 N–H and O–H groups in total. The second kappa shape index (κ2) is 6.24. The van der Waals surface area contributed by atoms with Crippen LogP contribution in [-0.2, 0) is 18.4 Å². The summed E-state index contributed by atoms with van der Waals surface area (Å²) < 4.78 is 1.99. The van der Waals surface area contributed by atoms with Crippen molar-refractivity contribution in [3.63, 3.8) is 0 Å². The quantitative estimate of drug-likeness (QED) is 0.393. The number of aromatic nitrogens is 2. The molecular weight excluding hydrogens is 206 g/mol. The first-order valence-electron chi connectivity index (χ1n) is 5.27. The average Bonchev–Trinajstić information content (AvgIpc) is 2.64. The molecule has 6 heteroatoms. The van der Waals surface area contributed by atoms with Crippen LogP contribution in [0.25, 0.3) is 0 Å². The Morgan fingerprint density at radius 3 is 3.00 bits per heavy atom. The number of nitrogens with zero attached hydrogens (tertiary/aromatic N) is 3. The molecule has 0 aromatic carbocycles. The molecule has 90 valence electrons. The van der Waals surface area contributed by atoms with E-state index in [4.69, 9.17) is 5.84 Å². The van der Waals surface area contributed by atoms with Gasteiger partial charge in [-0.15, -0.1) is 0 Å². The van der Waals surface area contributed by atoms with Crippen LogP contribution in [0.5, 0.6) is 0 Å². The normalized spacial score (nSPS) is 10.8. The highest BCUT2D eigenvalue weighted by atomic mass is 16.2. The lowest BCUT2D eigenvalue weighted by Gasteiger charge is -2.15. The van der Waals surface area contributed by atoms with Crippen LogP contribution in [-0.4, -0.2) is 34.0 Å². The van der Waals surface area contributed by atoms with E-state index in [0.717, 1.165) is 25.3 Å². The lowest BCUT2D eigenvalue weighted by molar-refractivity contribution is -0.121. The Morgan fingerprint density at radius 2 is 2.44 bits per heavy atom. The first-order chi connectivity index (χ1) is 7.63. The largest absolute Gasteiger partial charge is 0.337 e. The van der Waals surface area contributed by atoms with E-state index in [9.17, 15) is 4.79 Å². The molecule has 6 nitrogen and oxygen atoms in total. The van der Waals surface area contributed by atoms with E-state index >= 15 is 0 Å². The Kier molecular flexibility index (Phi) is 4.94. The molecule has 1 rings (SSSR count). The van der Waals surface area contributed by atoms with Crippen LogP contribution in [0.15, 0.2) is 12.4 Å². The van der Waals surface area contributed by atoms with Crippen LogP contribution < -0.4 is 11.3 Å². The third kappa shape index (κ3) is 4.00. The molecule has 1 amide bonds. The number of amides is 1. The third-order valence-electron chi connectivity index (χ3n) is 2.44. The number of imidazole rings is 1. The molecule has 0 saturated carbocycles. The maximum atomic E-state index is 10.9. The molecule has 0 saturated heterocycles. The molecular formula is C10H19N5O. The maximum Gasteiger partial charge on any atom is 0.233 e. The van der Waals surface area contributed by atoms with Crippen LogP contribution in [0.1, 0.15) is 18.7 Å². The van der Waals surface area contributed by atoms with Gasteiger partial charge in [0.2, 0.25) is 5.91 Å². The summed E-state index contributed by atoms with van der Waals surface area (Å²) in [6.07, 6.45) is 4.96. The minimum atomic E-state index is -0.120. The van der Waals surface area contributed by atoms with Crippen molar-refractivity contribution in [3.05, 3.63) is 18.2 Å². The van der Waals surface area contributed by atoms with E-state index < -0.39 is 0 Å². The smallest absolute Gasteiger partial charge is 0.233 e. The summed E-state index contributed by atoms with van der Waals surface area (Å²) in [6, 6.07) is 0. The monoisotopic (exact) mass is 225 g/mol. The van der Waals surface area contributed by atoms with Crippen LogP contribution in [0.4, 0.5) is 0 Å². The Morgan fingerprint density at radius 1 is 1.69 bits per heavy atom. The van der Waals surface area contributed by atoms with Crippen molar-refractivity contribution in [3.8, 4) is 0 Å². The summed E-state index contributed by atoms with van der Waals surface area (Å²) in [6.45, 7) is 1.63. The minimum absolute atomic E-state index is 0.120. The molecule has 0 bridgehead atoms. The van der Waals surface area contributed by atoms with Gasteiger partial charge in [-0.2, -0.15) is 0 Å². The van der Waals surface area contributed by atoms with Crippen molar-refractivity contribution in [1.82, 2.24) is 19.9 Å². The Bertz CT molecular complexity index is 336. The highest BCUT2D eigenvalue weighted by Crippen LogP contribution is 2.01. The second-order valence-electron chi connectivity index (χ2n) is 3.86. The summed E-state index contributed by atoms with van der Waals surface area (Å²) in [5.74, 6) is 5.89. The molecule has 16 heavy (non-hydrogen) atoms. The van der Waals surface area contributed by atoms with Gasteiger partial charge in [-0.25, -0.2) is 10.8 Å². The van der Waals surface area contributed by atoms with E-state index in [1.54, 1.807) is 6.20 Å². The number of nitrogens with one attached hydrogen (secondary N) is 1. The van der Waals surface area contributed by atoms with Gasteiger partial charge in [-0.05, 0) is 20.0 Å². The summed E-state index contributed by atoms with van der Waals surface area (Å²) >= 11 is 0. The Hall–Kier alpha value is -1.40. The van der Waals surface area contributed by atoms with E-state index in [2.05, 4.69) is 15.3 Å². The predicted molar refractivity (Wildman–Crippen MR) is 61.1 cm³/mol. The van der Waals surface area contributed by atoms with Crippen molar-refractivity contribution in [2.24, 2.45) is 12.9 Å². The van der Waals surface area contributed by atoms with Gasteiger partial charge in [-0.3, -0.25) is 15.1 Å². The fraction of sp³-hybridized carbons (Fsp3) is 0.600. The third-order valence-corrected chi connectivity index (χ3v) is 2.44. The lowest BCUT2D eigenvalue weighted by atomic mass is 10.3. The van der Waals surface area contributed by atoms with Gasteiger partial charge in [0.1, 0.15) is 5.82 Å². The number of rotatable bonds is 6. The van der Waals surface area contributed by atoms with E-state index in [1.807, 2.05) is 24.9 Å². The Balaban J connectivity index is 2.24. The van der Waals surface area contributed by atoms with Gasteiger partial charge in [0, 0.05) is 25.9 Å². The molecule has 0 aliphatic carbocycles. The van der Waals surface area contributed by atoms with Crippen molar-refractivity contribution in [2.45, 2.75) is 19.4 Å². The standard InChI is InChI=1S/C10H19N5O/c1-14(6-3-4-10(16)13-11)8-9-12-5-7-15(9)2/h5,7H,3-4,6,8,11H2,1-2H3,(H,13,16). The number of hydrogen-bond acceptors (Lipinski definition) is 4. The van der Waals surface area contributed by atoms with Gasteiger partial charge in [0.15, 0.2) is 0 Å². The van der Waals surface area contributed by atoms with E-state index in [0.29, 0.717) is 6.42 Å². The molecule has 0 aliphatic rings. The second-order valence-corrected chi connectivity index (χ2v) is 3.86. The Labute approximate surface area is 95.4 Å². The fourth-order valence-electron chi connectivity index (χ4n) is 1.45. The van der Waals surface area contributed by atoms with Crippen LogP contribution in [0.2, 0.25) is 0 Å². The molecule has 0 fully saturated rings. The highest BCUT2D eigenvalue weighted by molar-refractivity contribution is 5.75. The summed E-state index contributed by atoms with van der Waals surface area (Å²) in [7, 11) is 3.98. The number of carbonyl (C=O) groups excluding carboxylic acids is 1. The zero-order valence-corrected chi connectivity index (χ0v) is 9.81. The molecule has 1 heterocycles. The van der Waals surface area contributed by atoms with Gasteiger partial charge in [0.05, 0.1) is 6.54 Å². The van der Waals surface area contributed by atoms with Gasteiger partial charge >= 0.3 is 0 Å². The molecule has 0 aliphatic heterocycles. The van der Waals surface area contributed by atoms with Crippen LogP contribution in [0, 0.1) is 0 Å². The lowest BCUT2D eigenvalue weighted by Crippen LogP contribution is -2.30. The summed E-state index contributed by atoms with van der Waals surface area (Å²) in [5.41, 5.74) is 2.12. The van der Waals surface area contributed by atoms with Crippen molar-refractivity contribution in [2.75, 3.05) is 13.6 Å². The summed E-state index contributed by atoms with van der Waals surface area (Å²) in [4.78, 5) is 17.3. The number of nitrogens with two attached hydrogens (primary N) is 1. The van der Waals surface area contributed by atoms with E-state index in [1.165, 1.54) is 0 Å². The van der Waals surface area contributed by atoms with Gasteiger partial charge in [-0.1, -0.05) is 0 Å². The predicted octanol–water partition coefficient (Wildman–Crippen LogP) is -0.378. The maximum absolute atomic E-state index is 10.9. The first-order valence-corrected chi connectivity index (χ1v) is 5.27. The molecule has 0 atom stereocenters. The molecule has 1 aromatic heterocycles. The zero-order valence-electron chi connectivity index (χ0n) is 9.81. The fourth-order valence-corrected chi connectivity index (χ4v) is 1.45. The van der Waals surface area contributed by atoms with Crippen LogP contribution >= 0.6 is 0 Å². The molecule has 0 radical (unpaired) electrons. The average molecular weight is 225 g/mol. The van der Waals surface area contributed by atoms with Crippen molar-refractivity contribution >= 4 is 5.91 Å². The van der Waals surface area contributed by atoms with E-state index in [-0.39, 0.29) is 5.91 Å². The van der Waals surface area contributed by atoms with Crippen molar-refractivity contribution in [1.29, 1.82) is 0 Å². The van der Waals surface area contributed by atoms with Gasteiger partial charge in [0.25, 0.3) is 0 Å². The first kappa shape index (κ1) is 12.7.